The third-order valence-corrected chi connectivity index (χ3v) is 15.6. The lowest BCUT2D eigenvalue weighted by molar-refractivity contribution is 0.660. The number of rotatable bonds is 8. The zero-order valence-electron chi connectivity index (χ0n) is 40.8. The molecule has 0 aliphatic heterocycles. The van der Waals surface area contributed by atoms with Crippen molar-refractivity contribution in [2.24, 2.45) is 0 Å². The average molecular weight is 931 g/mol. The van der Waals surface area contributed by atoms with E-state index < -0.39 is 0 Å². The smallest absolute Gasteiger partial charge is 0.0547 e. The fourth-order valence-corrected chi connectivity index (χ4v) is 12.1. The van der Waals surface area contributed by atoms with Crippen LogP contribution in [-0.2, 0) is 5.41 Å². The summed E-state index contributed by atoms with van der Waals surface area (Å²) in [4.78, 5) is 2.46. The molecule has 2 heteroatoms. The summed E-state index contributed by atoms with van der Waals surface area (Å²) in [6.45, 7) is 4.71. The van der Waals surface area contributed by atoms with Crippen LogP contribution in [0.15, 0.2) is 267 Å². The Hall–Kier alpha value is -9.24. The monoisotopic (exact) mass is 930 g/mol. The lowest BCUT2D eigenvalue weighted by Gasteiger charge is -2.29. The third-order valence-electron chi connectivity index (χ3n) is 15.6. The highest BCUT2D eigenvalue weighted by Gasteiger charge is 2.36. The van der Waals surface area contributed by atoms with E-state index in [4.69, 9.17) is 0 Å². The van der Waals surface area contributed by atoms with E-state index in [0.717, 1.165) is 22.7 Å². The van der Waals surface area contributed by atoms with Crippen molar-refractivity contribution in [3.05, 3.63) is 278 Å². The van der Waals surface area contributed by atoms with Crippen molar-refractivity contribution in [2.45, 2.75) is 19.3 Å². The van der Waals surface area contributed by atoms with Gasteiger partial charge in [0.25, 0.3) is 0 Å². The summed E-state index contributed by atoms with van der Waals surface area (Å²) in [7, 11) is 0. The maximum Gasteiger partial charge on any atom is 0.0547 e. The van der Waals surface area contributed by atoms with Gasteiger partial charge in [-0.2, -0.15) is 0 Å². The molecule has 13 aromatic rings. The zero-order valence-corrected chi connectivity index (χ0v) is 40.8. The van der Waals surface area contributed by atoms with Gasteiger partial charge in [-0.25, -0.2) is 0 Å². The van der Waals surface area contributed by atoms with Gasteiger partial charge in [0.2, 0.25) is 0 Å². The molecule has 344 valence electrons. The normalized spacial score (nSPS) is 12.6. The molecule has 1 aliphatic rings. The van der Waals surface area contributed by atoms with E-state index in [0.29, 0.717) is 0 Å². The van der Waals surface area contributed by atoms with E-state index in [2.05, 4.69) is 290 Å². The minimum absolute atomic E-state index is 0.0855. The minimum Gasteiger partial charge on any atom is -0.310 e. The van der Waals surface area contributed by atoms with Crippen molar-refractivity contribution in [1.29, 1.82) is 0 Å². The second kappa shape index (κ2) is 17.0. The predicted molar refractivity (Wildman–Crippen MR) is 310 cm³/mol. The number of hydrogen-bond acceptors (Lipinski definition) is 1. The van der Waals surface area contributed by atoms with E-state index >= 15 is 0 Å². The molecule has 1 heterocycles. The SMILES string of the molecule is CC1(C)c2ccccc2-c2cc(N(c3ccc(-c4ccccc4)cc3)c3ccc(-c4ccc(-n5c6ccc(-c7ccccc7)cc6c6c(-c7ccccc7)cccc65)c5ccccc45)c4ccccc34)ccc21. The molecule has 2 nitrogen and oxygen atoms in total. The molecule has 0 amide bonds. The van der Waals surface area contributed by atoms with Gasteiger partial charge in [-0.3, -0.25) is 0 Å². The van der Waals surface area contributed by atoms with Crippen LogP contribution in [0.25, 0.3) is 105 Å². The second-order valence-corrected chi connectivity index (χ2v) is 20.0. The molecule has 1 aliphatic carbocycles. The molecule has 0 bridgehead atoms. The Bertz CT molecular complexity index is 4260. The van der Waals surface area contributed by atoms with Crippen LogP contribution in [0.2, 0.25) is 0 Å². The Morgan fingerprint density at radius 1 is 0.301 bits per heavy atom. The molecular formula is C71H50N2. The van der Waals surface area contributed by atoms with Gasteiger partial charge in [-0.15, -0.1) is 0 Å². The van der Waals surface area contributed by atoms with E-state index in [1.54, 1.807) is 0 Å². The molecular weight excluding hydrogens is 881 g/mol. The Morgan fingerprint density at radius 3 is 1.56 bits per heavy atom. The van der Waals surface area contributed by atoms with Crippen molar-refractivity contribution in [3.63, 3.8) is 0 Å². The number of nitrogens with zero attached hydrogens (tertiary/aromatic N) is 2. The summed E-state index contributed by atoms with van der Waals surface area (Å²) in [6, 6.07) is 98.5. The summed E-state index contributed by atoms with van der Waals surface area (Å²) in [5.74, 6) is 0. The van der Waals surface area contributed by atoms with Crippen molar-refractivity contribution in [3.8, 4) is 61.3 Å². The Morgan fingerprint density at radius 2 is 0.836 bits per heavy atom. The third kappa shape index (κ3) is 6.86. The highest BCUT2D eigenvalue weighted by atomic mass is 15.1. The number of anilines is 3. The summed E-state index contributed by atoms with van der Waals surface area (Å²) < 4.78 is 2.50. The van der Waals surface area contributed by atoms with Crippen molar-refractivity contribution < 1.29 is 0 Å². The average Bonchev–Trinajstić information content (AvgIpc) is 3.91. The van der Waals surface area contributed by atoms with Gasteiger partial charge < -0.3 is 9.47 Å². The molecule has 0 spiro atoms. The summed E-state index contributed by atoms with van der Waals surface area (Å²) in [6.07, 6.45) is 0. The zero-order chi connectivity index (χ0) is 48.6. The van der Waals surface area contributed by atoms with Gasteiger partial charge >= 0.3 is 0 Å². The lowest BCUT2D eigenvalue weighted by atomic mass is 9.82. The molecule has 0 fully saturated rings. The van der Waals surface area contributed by atoms with E-state index in [9.17, 15) is 0 Å². The Balaban J connectivity index is 0.953. The standard InChI is InChI=1S/C71H50N2/c1-71(2)64-31-17-16-27-59(64)62-46-53(38-41-65(62)71)72(52-36-33-49(34-37-52)47-19-6-3-7-20-47)66-43-39-57(55-25-12-14-28-60(55)66)58-40-44-67(61-29-15-13-26-56(58)61)73-68-42-35-51(48-21-8-4-9-22-48)45-63(68)70-54(30-18-32-69(70)73)50-23-10-5-11-24-50/h3-46H,1-2H3. The fourth-order valence-electron chi connectivity index (χ4n) is 12.1. The first-order chi connectivity index (χ1) is 36.0. The molecule has 1 aromatic heterocycles. The van der Waals surface area contributed by atoms with Crippen LogP contribution in [0.3, 0.4) is 0 Å². The highest BCUT2D eigenvalue weighted by molar-refractivity contribution is 6.18. The molecule has 73 heavy (non-hydrogen) atoms. The van der Waals surface area contributed by atoms with Crippen LogP contribution in [0.5, 0.6) is 0 Å². The van der Waals surface area contributed by atoms with Crippen LogP contribution in [0, 0.1) is 0 Å². The van der Waals surface area contributed by atoms with Crippen LogP contribution in [-0.4, -0.2) is 4.57 Å². The van der Waals surface area contributed by atoms with E-state index in [1.807, 2.05) is 0 Å². The highest BCUT2D eigenvalue weighted by Crippen LogP contribution is 2.52. The molecule has 0 N–H and O–H groups in total. The largest absolute Gasteiger partial charge is 0.310 e. The first kappa shape index (κ1) is 42.6. The topological polar surface area (TPSA) is 8.17 Å². The predicted octanol–water partition coefficient (Wildman–Crippen LogP) is 19.5. The second-order valence-electron chi connectivity index (χ2n) is 20.0. The lowest BCUT2D eigenvalue weighted by Crippen LogP contribution is -2.15. The van der Waals surface area contributed by atoms with Gasteiger partial charge in [-0.05, 0) is 132 Å². The molecule has 0 unspecified atom stereocenters. The van der Waals surface area contributed by atoms with Crippen molar-refractivity contribution >= 4 is 60.4 Å². The first-order valence-corrected chi connectivity index (χ1v) is 25.4. The van der Waals surface area contributed by atoms with Crippen molar-refractivity contribution in [1.82, 2.24) is 4.57 Å². The Kier molecular flexibility index (Phi) is 9.91. The summed E-state index contributed by atoms with van der Waals surface area (Å²) >= 11 is 0. The van der Waals surface area contributed by atoms with Crippen LogP contribution in [0.1, 0.15) is 25.0 Å². The van der Waals surface area contributed by atoms with Crippen molar-refractivity contribution in [2.75, 3.05) is 4.90 Å². The quantitative estimate of drug-likeness (QED) is 0.147. The van der Waals surface area contributed by atoms with Gasteiger partial charge in [0.15, 0.2) is 0 Å². The van der Waals surface area contributed by atoms with E-state index in [-0.39, 0.29) is 5.41 Å². The maximum atomic E-state index is 2.50. The minimum atomic E-state index is -0.0855. The van der Waals surface area contributed by atoms with Gasteiger partial charge in [-0.1, -0.05) is 226 Å². The van der Waals surface area contributed by atoms with Gasteiger partial charge in [0.05, 0.1) is 22.4 Å². The Labute approximate surface area is 426 Å². The molecule has 0 radical (unpaired) electrons. The maximum absolute atomic E-state index is 2.50. The van der Waals surface area contributed by atoms with Gasteiger partial charge in [0, 0.05) is 38.3 Å². The molecule has 14 rings (SSSR count). The number of aromatic nitrogens is 1. The first-order valence-electron chi connectivity index (χ1n) is 25.4. The molecule has 0 saturated carbocycles. The van der Waals surface area contributed by atoms with Crippen LogP contribution < -0.4 is 4.90 Å². The summed E-state index contributed by atoms with van der Waals surface area (Å²) in [5, 5.41) is 7.29. The van der Waals surface area contributed by atoms with Crippen LogP contribution >= 0.6 is 0 Å². The summed E-state index contributed by atoms with van der Waals surface area (Å²) in [5.41, 5.74) is 21.8. The molecule has 0 atom stereocenters. The number of benzene rings is 12. The number of hydrogen-bond donors (Lipinski definition) is 0. The van der Waals surface area contributed by atoms with Crippen LogP contribution in [0.4, 0.5) is 17.1 Å². The number of fused-ring (bicyclic) bond motifs is 8. The fraction of sp³-hybridized carbons (Fsp3) is 0.0423. The van der Waals surface area contributed by atoms with E-state index in [1.165, 1.54) is 110 Å². The molecule has 0 saturated heterocycles. The molecule has 12 aromatic carbocycles. The van der Waals surface area contributed by atoms with Gasteiger partial charge in [0.1, 0.15) is 0 Å².